The van der Waals surface area contributed by atoms with Crippen molar-refractivity contribution in [1.82, 2.24) is 0 Å². The van der Waals surface area contributed by atoms with Crippen LogP contribution in [-0.4, -0.2) is 17.5 Å². The van der Waals surface area contributed by atoms with Crippen molar-refractivity contribution >= 4 is 40.9 Å². The molecule has 0 aliphatic rings. The van der Waals surface area contributed by atoms with Gasteiger partial charge in [-0.25, -0.2) is 0 Å². The molecule has 0 aromatic heterocycles. The summed E-state index contributed by atoms with van der Waals surface area (Å²) >= 11 is 6.92. The first-order valence-electron chi connectivity index (χ1n) is 4.83. The van der Waals surface area contributed by atoms with Gasteiger partial charge >= 0.3 is 5.51 Å². The largest absolute Gasteiger partial charge is 0.446 e. The quantitative estimate of drug-likeness (QED) is 0.582. The summed E-state index contributed by atoms with van der Waals surface area (Å²) in [5, 5.41) is -1.05. The smallest absolute Gasteiger partial charge is 0.298 e. The fourth-order valence-electron chi connectivity index (χ4n) is 1.28. The highest BCUT2D eigenvalue weighted by Crippen LogP contribution is 2.42. The average molecular weight is 315 g/mol. The summed E-state index contributed by atoms with van der Waals surface area (Å²) in [6, 6.07) is 4.52. The normalized spacial score (nSPS) is 13.4. The van der Waals surface area contributed by atoms with Crippen LogP contribution < -0.4 is 0 Å². The molecular weight excluding hydrogens is 305 g/mol. The zero-order valence-electron chi connectivity index (χ0n) is 9.55. The van der Waals surface area contributed by atoms with Gasteiger partial charge in [0.25, 0.3) is 0 Å². The van der Waals surface area contributed by atoms with Crippen LogP contribution in [0.1, 0.15) is 17.9 Å². The topological polar surface area (TPSA) is 17.1 Å². The molecule has 0 saturated carbocycles. The standard InChI is InChI=1S/C11H10ClF3OS2/c1-6(16)10(12)8-4-3-7(17-2)5-9(8)18-11(13,14)15/h3-5,10H,1-2H3. The molecule has 0 saturated heterocycles. The van der Waals surface area contributed by atoms with E-state index in [9.17, 15) is 18.0 Å². The number of carbonyl (C=O) groups excluding carboxylic acids is 1. The Labute approximate surface area is 116 Å². The minimum Gasteiger partial charge on any atom is -0.298 e. The fourth-order valence-corrected chi connectivity index (χ4v) is 2.79. The predicted molar refractivity (Wildman–Crippen MR) is 69.4 cm³/mol. The summed E-state index contributed by atoms with van der Waals surface area (Å²) in [6.07, 6.45) is 1.76. The predicted octanol–water partition coefficient (Wildman–Crippen LogP) is 4.89. The Bertz CT molecular complexity index is 448. The highest BCUT2D eigenvalue weighted by atomic mass is 35.5. The summed E-state index contributed by atoms with van der Waals surface area (Å²) in [5.41, 5.74) is -4.21. The van der Waals surface area contributed by atoms with Gasteiger partial charge in [0.2, 0.25) is 0 Å². The molecule has 0 amide bonds. The van der Waals surface area contributed by atoms with E-state index in [2.05, 4.69) is 0 Å². The van der Waals surface area contributed by atoms with Gasteiger partial charge in [-0.2, -0.15) is 13.2 Å². The molecule has 0 aliphatic heterocycles. The van der Waals surface area contributed by atoms with Gasteiger partial charge in [-0.15, -0.1) is 23.4 Å². The van der Waals surface area contributed by atoms with E-state index in [0.717, 1.165) is 0 Å². The Kier molecular flexibility index (Phi) is 5.43. The molecule has 1 unspecified atom stereocenters. The maximum absolute atomic E-state index is 12.4. The zero-order chi connectivity index (χ0) is 13.9. The van der Waals surface area contributed by atoms with E-state index in [1.807, 2.05) is 0 Å². The lowest BCUT2D eigenvalue weighted by molar-refractivity contribution is -0.116. The lowest BCUT2D eigenvalue weighted by Gasteiger charge is -2.14. The molecule has 1 aromatic carbocycles. The number of hydrogen-bond donors (Lipinski definition) is 0. The van der Waals surface area contributed by atoms with E-state index in [0.29, 0.717) is 4.90 Å². The fraction of sp³-hybridized carbons (Fsp3) is 0.364. The van der Waals surface area contributed by atoms with E-state index >= 15 is 0 Å². The molecule has 0 bridgehead atoms. The van der Waals surface area contributed by atoms with Crippen LogP contribution in [0.15, 0.2) is 28.0 Å². The number of thioether (sulfide) groups is 2. The second-order valence-electron chi connectivity index (χ2n) is 3.42. The Morgan fingerprint density at radius 1 is 1.39 bits per heavy atom. The molecule has 0 N–H and O–H groups in total. The number of benzene rings is 1. The maximum atomic E-state index is 12.4. The van der Waals surface area contributed by atoms with Gasteiger partial charge < -0.3 is 0 Å². The van der Waals surface area contributed by atoms with Crippen molar-refractivity contribution in [3.8, 4) is 0 Å². The van der Waals surface area contributed by atoms with Crippen LogP contribution in [0.3, 0.4) is 0 Å². The summed E-state index contributed by atoms with van der Waals surface area (Å²) < 4.78 is 37.3. The third-order valence-electron chi connectivity index (χ3n) is 2.08. The second kappa shape index (κ2) is 6.21. The molecular formula is C11H10ClF3OS2. The highest BCUT2D eigenvalue weighted by molar-refractivity contribution is 8.00. The van der Waals surface area contributed by atoms with Gasteiger partial charge in [0.15, 0.2) is 5.78 Å². The number of rotatable bonds is 4. The van der Waals surface area contributed by atoms with Gasteiger partial charge in [-0.1, -0.05) is 6.07 Å². The molecule has 100 valence electrons. The molecule has 1 aromatic rings. The number of Topliss-reactive ketones (excluding diaryl/α,β-unsaturated/α-hetero) is 1. The minimum atomic E-state index is -4.40. The SMILES string of the molecule is CSc1ccc(C(Cl)C(C)=O)c(SC(F)(F)F)c1. The van der Waals surface area contributed by atoms with Crippen LogP contribution in [-0.2, 0) is 4.79 Å². The third kappa shape index (κ3) is 4.40. The molecule has 0 aliphatic carbocycles. The lowest BCUT2D eigenvalue weighted by atomic mass is 10.1. The number of ketones is 1. The molecule has 7 heteroatoms. The Morgan fingerprint density at radius 3 is 2.44 bits per heavy atom. The molecule has 0 fully saturated rings. The van der Waals surface area contributed by atoms with Crippen LogP contribution in [0.4, 0.5) is 13.2 Å². The van der Waals surface area contributed by atoms with E-state index < -0.39 is 10.9 Å². The van der Waals surface area contributed by atoms with Crippen LogP contribution in [0.25, 0.3) is 0 Å². The van der Waals surface area contributed by atoms with Crippen molar-refractivity contribution in [3.63, 3.8) is 0 Å². The van der Waals surface area contributed by atoms with Crippen LogP contribution in [0.2, 0.25) is 0 Å². The first kappa shape index (κ1) is 15.7. The first-order valence-corrected chi connectivity index (χ1v) is 7.30. The minimum absolute atomic E-state index is 0.0236. The second-order valence-corrected chi connectivity index (χ2v) is 5.85. The first-order chi connectivity index (χ1) is 8.24. The zero-order valence-corrected chi connectivity index (χ0v) is 11.9. The van der Waals surface area contributed by atoms with E-state index in [1.165, 1.54) is 30.8 Å². The molecule has 0 heterocycles. The van der Waals surface area contributed by atoms with Gasteiger partial charge in [0, 0.05) is 9.79 Å². The van der Waals surface area contributed by atoms with Gasteiger partial charge in [-0.3, -0.25) is 4.79 Å². The third-order valence-corrected chi connectivity index (χ3v) is 4.15. The van der Waals surface area contributed by atoms with Crippen molar-refractivity contribution in [2.24, 2.45) is 0 Å². The van der Waals surface area contributed by atoms with Crippen molar-refractivity contribution in [2.45, 2.75) is 27.6 Å². The van der Waals surface area contributed by atoms with Crippen LogP contribution >= 0.6 is 35.1 Å². The van der Waals surface area contributed by atoms with Crippen molar-refractivity contribution < 1.29 is 18.0 Å². The van der Waals surface area contributed by atoms with Crippen LogP contribution in [0, 0.1) is 0 Å². The van der Waals surface area contributed by atoms with Crippen molar-refractivity contribution in [1.29, 1.82) is 0 Å². The number of carbonyl (C=O) groups is 1. The van der Waals surface area contributed by atoms with Gasteiger partial charge in [0.05, 0.1) is 0 Å². The molecule has 1 atom stereocenters. The molecule has 1 rings (SSSR count). The maximum Gasteiger partial charge on any atom is 0.446 e. The monoisotopic (exact) mass is 314 g/mol. The van der Waals surface area contributed by atoms with E-state index in [4.69, 9.17) is 11.6 Å². The average Bonchev–Trinajstić information content (AvgIpc) is 2.25. The lowest BCUT2D eigenvalue weighted by Crippen LogP contribution is -2.06. The van der Waals surface area contributed by atoms with Crippen LogP contribution in [0.5, 0.6) is 0 Å². The summed E-state index contributed by atoms with van der Waals surface area (Å²) in [7, 11) is 0. The Balaban J connectivity index is 3.20. The van der Waals surface area contributed by atoms with Gasteiger partial charge in [0.1, 0.15) is 5.38 Å². The highest BCUT2D eigenvalue weighted by Gasteiger charge is 2.32. The molecule has 18 heavy (non-hydrogen) atoms. The molecule has 0 radical (unpaired) electrons. The van der Waals surface area contributed by atoms with E-state index in [1.54, 1.807) is 12.3 Å². The Hall–Kier alpha value is -0.330. The van der Waals surface area contributed by atoms with Gasteiger partial charge in [-0.05, 0) is 42.6 Å². The summed E-state index contributed by atoms with van der Waals surface area (Å²) in [4.78, 5) is 11.9. The molecule has 1 nitrogen and oxygen atoms in total. The van der Waals surface area contributed by atoms with E-state index in [-0.39, 0.29) is 28.0 Å². The number of halogens is 4. The number of hydrogen-bond acceptors (Lipinski definition) is 3. The van der Waals surface area contributed by atoms with Crippen molar-refractivity contribution in [2.75, 3.05) is 6.26 Å². The molecule has 0 spiro atoms. The number of alkyl halides is 4. The Morgan fingerprint density at radius 2 is 2.00 bits per heavy atom. The summed E-state index contributed by atoms with van der Waals surface area (Å²) in [5.74, 6) is -0.377. The van der Waals surface area contributed by atoms with Crippen molar-refractivity contribution in [3.05, 3.63) is 23.8 Å². The summed E-state index contributed by atoms with van der Waals surface area (Å²) in [6.45, 7) is 1.25.